The monoisotopic (exact) mass is 484 g/mol. The summed E-state index contributed by atoms with van der Waals surface area (Å²) in [5, 5.41) is 2.20. The molecule has 5 nitrogen and oxygen atoms in total. The predicted octanol–water partition coefficient (Wildman–Crippen LogP) is 5.88. The lowest BCUT2D eigenvalue weighted by Gasteiger charge is -2.20. The average Bonchev–Trinajstić information content (AvgIpc) is 3.24. The number of nitrogens with zero attached hydrogens (tertiary/aromatic N) is 2. The minimum Gasteiger partial charge on any atom is -0.493 e. The first-order valence-electron chi connectivity index (χ1n) is 9.86. The van der Waals surface area contributed by atoms with Crippen LogP contribution in [-0.4, -0.2) is 22.0 Å². The topological polar surface area (TPSA) is 43.7 Å². The Kier molecular flexibility index (Phi) is 6.60. The first-order valence-corrected chi connectivity index (χ1v) is 11.5. The molecule has 3 aromatic rings. The zero-order valence-electron chi connectivity index (χ0n) is 17.8. The van der Waals surface area contributed by atoms with E-state index in [1.165, 1.54) is 16.8 Å². The number of rotatable bonds is 6. The molecule has 164 valence electrons. The first-order chi connectivity index (χ1) is 15.4. The lowest BCUT2D eigenvalue weighted by molar-refractivity contribution is -0.114. The third kappa shape index (κ3) is 4.41. The molecule has 4 rings (SSSR count). The quantitative estimate of drug-likeness (QED) is 0.322. The van der Waals surface area contributed by atoms with Crippen molar-refractivity contribution in [2.75, 3.05) is 12.1 Å². The van der Waals surface area contributed by atoms with Crippen molar-refractivity contribution in [3.05, 3.63) is 87.0 Å². The van der Waals surface area contributed by atoms with Crippen LogP contribution in [0.15, 0.2) is 59.5 Å². The number of para-hydroxylation sites is 1. The van der Waals surface area contributed by atoms with Crippen LogP contribution >= 0.6 is 35.6 Å². The molecule has 1 aliphatic rings. The number of aromatic nitrogens is 1. The molecule has 0 N–H and O–H groups in total. The van der Waals surface area contributed by atoms with Crippen LogP contribution in [-0.2, 0) is 11.4 Å². The van der Waals surface area contributed by atoms with Crippen LogP contribution in [0.1, 0.15) is 22.5 Å². The maximum Gasteiger partial charge on any atom is 0.285 e. The Hall–Kier alpha value is -2.74. The molecule has 0 unspecified atom stereocenters. The molecule has 0 aliphatic carbocycles. The van der Waals surface area contributed by atoms with Crippen LogP contribution in [0.4, 0.5) is 0 Å². The second kappa shape index (κ2) is 9.40. The minimum absolute atomic E-state index is 0.172. The van der Waals surface area contributed by atoms with Crippen LogP contribution < -0.4 is 14.5 Å². The smallest absolute Gasteiger partial charge is 0.285 e. The van der Waals surface area contributed by atoms with Gasteiger partial charge in [0.15, 0.2) is 15.8 Å². The van der Waals surface area contributed by atoms with E-state index >= 15 is 0 Å². The van der Waals surface area contributed by atoms with Crippen molar-refractivity contribution in [3.8, 4) is 11.5 Å². The molecule has 1 saturated heterocycles. The van der Waals surface area contributed by atoms with E-state index in [9.17, 15) is 4.79 Å². The SMILES string of the molecule is COc1cccc(/C=C2/SC(=S)N(n3c(C)ccc3C)C2=O)c1OCc1ccc(Cl)cc1. The number of amides is 1. The maximum absolute atomic E-state index is 13.2. The standard InChI is InChI=1S/C24H21ClN2O3S2/c1-15-7-8-16(2)26(15)27-23(28)21(32-24(27)31)13-18-5-4-6-20(29-3)22(18)30-14-17-9-11-19(25)12-10-17/h4-13H,14H2,1-3H3/b21-13+. The van der Waals surface area contributed by atoms with Gasteiger partial charge in [-0.1, -0.05) is 47.6 Å². The van der Waals surface area contributed by atoms with E-state index in [1.54, 1.807) is 13.2 Å². The number of carbonyl (C=O) groups excluding carboxylic acids is 1. The van der Waals surface area contributed by atoms with Crippen molar-refractivity contribution in [2.45, 2.75) is 20.5 Å². The highest BCUT2D eigenvalue weighted by Gasteiger charge is 2.35. The van der Waals surface area contributed by atoms with E-state index in [0.717, 1.165) is 22.5 Å². The van der Waals surface area contributed by atoms with Gasteiger partial charge >= 0.3 is 0 Å². The zero-order valence-corrected chi connectivity index (χ0v) is 20.2. The number of aryl methyl sites for hydroxylation is 2. The molecule has 1 aromatic heterocycles. The third-order valence-corrected chi connectivity index (χ3v) is 6.55. The van der Waals surface area contributed by atoms with Gasteiger partial charge in [0.1, 0.15) is 6.61 Å². The Balaban J connectivity index is 1.65. The van der Waals surface area contributed by atoms with Gasteiger partial charge in [-0.3, -0.25) is 9.47 Å². The lowest BCUT2D eigenvalue weighted by Crippen LogP contribution is -2.39. The Bertz CT molecular complexity index is 1200. The van der Waals surface area contributed by atoms with Gasteiger partial charge < -0.3 is 9.47 Å². The van der Waals surface area contributed by atoms with Gasteiger partial charge in [-0.05, 0) is 68.0 Å². The number of methoxy groups -OCH3 is 1. The van der Waals surface area contributed by atoms with E-state index in [0.29, 0.717) is 32.4 Å². The van der Waals surface area contributed by atoms with Gasteiger partial charge in [-0.15, -0.1) is 0 Å². The molecular weight excluding hydrogens is 464 g/mol. The van der Waals surface area contributed by atoms with Gasteiger partial charge in [0.05, 0.1) is 12.0 Å². The van der Waals surface area contributed by atoms with Crippen molar-refractivity contribution in [1.82, 2.24) is 4.68 Å². The number of thioether (sulfide) groups is 1. The fourth-order valence-corrected chi connectivity index (χ4v) is 4.81. The van der Waals surface area contributed by atoms with Crippen molar-refractivity contribution < 1.29 is 14.3 Å². The Morgan fingerprint density at radius 1 is 1.06 bits per heavy atom. The van der Waals surface area contributed by atoms with Crippen LogP contribution in [0.3, 0.4) is 0 Å². The summed E-state index contributed by atoms with van der Waals surface area (Å²) in [6, 6.07) is 16.9. The summed E-state index contributed by atoms with van der Waals surface area (Å²) in [6.45, 7) is 4.22. The second-order valence-electron chi connectivity index (χ2n) is 7.22. The summed E-state index contributed by atoms with van der Waals surface area (Å²) in [4.78, 5) is 13.8. The predicted molar refractivity (Wildman–Crippen MR) is 134 cm³/mol. The molecule has 1 fully saturated rings. The summed E-state index contributed by atoms with van der Waals surface area (Å²) in [5.74, 6) is 0.970. The summed E-state index contributed by atoms with van der Waals surface area (Å²) in [5.41, 5.74) is 3.58. The van der Waals surface area contributed by atoms with E-state index in [4.69, 9.17) is 33.3 Å². The normalized spacial score (nSPS) is 15.0. The highest BCUT2D eigenvalue weighted by molar-refractivity contribution is 8.27. The van der Waals surface area contributed by atoms with E-state index in [1.807, 2.05) is 73.1 Å². The van der Waals surface area contributed by atoms with E-state index < -0.39 is 0 Å². The molecule has 2 aromatic carbocycles. The molecule has 1 aliphatic heterocycles. The molecule has 32 heavy (non-hydrogen) atoms. The number of ether oxygens (including phenoxy) is 2. The largest absolute Gasteiger partial charge is 0.493 e. The van der Waals surface area contributed by atoms with Crippen molar-refractivity contribution in [3.63, 3.8) is 0 Å². The summed E-state index contributed by atoms with van der Waals surface area (Å²) < 4.78 is 13.9. The highest BCUT2D eigenvalue weighted by Crippen LogP contribution is 2.38. The fraction of sp³-hybridized carbons (Fsp3) is 0.167. The van der Waals surface area contributed by atoms with E-state index in [-0.39, 0.29) is 5.91 Å². The fourth-order valence-electron chi connectivity index (χ4n) is 3.45. The molecule has 0 bridgehead atoms. The van der Waals surface area contributed by atoms with Crippen LogP contribution in [0.2, 0.25) is 5.02 Å². The number of benzene rings is 2. The second-order valence-corrected chi connectivity index (χ2v) is 9.33. The molecular formula is C24H21ClN2O3S2. The Morgan fingerprint density at radius 2 is 1.75 bits per heavy atom. The molecule has 0 radical (unpaired) electrons. The molecule has 0 saturated carbocycles. The number of thiocarbonyl (C=S) groups is 1. The van der Waals surface area contributed by atoms with Crippen molar-refractivity contribution >= 4 is 51.9 Å². The molecule has 0 spiro atoms. The first kappa shape index (κ1) is 22.5. The van der Waals surface area contributed by atoms with Gasteiger partial charge in [0, 0.05) is 22.0 Å². The van der Waals surface area contributed by atoms with Crippen LogP contribution in [0, 0.1) is 13.8 Å². The maximum atomic E-state index is 13.2. The average molecular weight is 485 g/mol. The highest BCUT2D eigenvalue weighted by atomic mass is 35.5. The van der Waals surface area contributed by atoms with Gasteiger partial charge in [-0.25, -0.2) is 0 Å². The van der Waals surface area contributed by atoms with Crippen molar-refractivity contribution in [1.29, 1.82) is 0 Å². The van der Waals surface area contributed by atoms with Crippen LogP contribution in [0.25, 0.3) is 6.08 Å². The summed E-state index contributed by atoms with van der Waals surface area (Å²) in [6.07, 6.45) is 1.80. The molecule has 0 atom stereocenters. The third-order valence-electron chi connectivity index (χ3n) is 5.02. The van der Waals surface area contributed by atoms with Crippen LogP contribution in [0.5, 0.6) is 11.5 Å². The summed E-state index contributed by atoms with van der Waals surface area (Å²) in [7, 11) is 1.59. The number of halogens is 1. The minimum atomic E-state index is -0.172. The number of hydrogen-bond donors (Lipinski definition) is 0. The summed E-state index contributed by atoms with van der Waals surface area (Å²) >= 11 is 12.8. The number of hydrogen-bond acceptors (Lipinski definition) is 5. The van der Waals surface area contributed by atoms with Gasteiger partial charge in [0.25, 0.3) is 5.91 Å². The Morgan fingerprint density at radius 3 is 2.41 bits per heavy atom. The van der Waals surface area contributed by atoms with Crippen molar-refractivity contribution in [2.24, 2.45) is 0 Å². The van der Waals surface area contributed by atoms with Gasteiger partial charge in [-0.2, -0.15) is 5.01 Å². The number of carbonyl (C=O) groups is 1. The Labute approximate surface area is 201 Å². The molecule has 2 heterocycles. The zero-order chi connectivity index (χ0) is 22.8. The molecule has 1 amide bonds. The lowest BCUT2D eigenvalue weighted by atomic mass is 10.1. The van der Waals surface area contributed by atoms with E-state index in [2.05, 4.69) is 0 Å². The van der Waals surface area contributed by atoms with Gasteiger partial charge in [0.2, 0.25) is 0 Å². The molecule has 8 heteroatoms.